The van der Waals surface area contributed by atoms with E-state index < -0.39 is 11.0 Å². The third-order valence-corrected chi connectivity index (χ3v) is 5.15. The zero-order chi connectivity index (χ0) is 21.3. The van der Waals surface area contributed by atoms with E-state index in [0.717, 1.165) is 5.56 Å². The molecule has 1 aromatic heterocycles. The largest absolute Gasteiger partial charge is 0.508 e. The van der Waals surface area contributed by atoms with Gasteiger partial charge < -0.3 is 14.7 Å². The standard InChI is InChI=1S/C21H20N4O5/c1-30-11-3-10-24-20(13-6-8-16(26)9-7-13)17-18(22-23-19(17)21(24)27)14-4-2-5-15(12-14)25(28)29/h2,4-9,12,20,26H,3,10-11H2,1H3,(H,22,23). The third kappa shape index (κ3) is 3.39. The van der Waals surface area contributed by atoms with E-state index in [9.17, 15) is 20.0 Å². The van der Waals surface area contributed by atoms with Crippen molar-refractivity contribution in [3.63, 3.8) is 0 Å². The van der Waals surface area contributed by atoms with Crippen LogP contribution in [0.4, 0.5) is 5.69 Å². The van der Waals surface area contributed by atoms with Crippen molar-refractivity contribution in [3.8, 4) is 17.0 Å². The number of aromatic nitrogens is 2. The lowest BCUT2D eigenvalue weighted by Crippen LogP contribution is -2.31. The van der Waals surface area contributed by atoms with E-state index >= 15 is 0 Å². The molecule has 1 unspecified atom stereocenters. The van der Waals surface area contributed by atoms with Crippen molar-refractivity contribution in [2.45, 2.75) is 12.5 Å². The molecule has 1 atom stereocenters. The molecule has 0 fully saturated rings. The summed E-state index contributed by atoms with van der Waals surface area (Å²) < 4.78 is 5.13. The number of nitrogens with one attached hydrogen (secondary N) is 1. The number of methoxy groups -OCH3 is 1. The summed E-state index contributed by atoms with van der Waals surface area (Å²) in [7, 11) is 1.61. The van der Waals surface area contributed by atoms with Crippen molar-refractivity contribution in [2.75, 3.05) is 20.3 Å². The molecule has 1 amide bonds. The van der Waals surface area contributed by atoms with Gasteiger partial charge in [-0.1, -0.05) is 24.3 Å². The van der Waals surface area contributed by atoms with Crippen LogP contribution in [-0.4, -0.2) is 51.3 Å². The SMILES string of the molecule is COCCCN1C(=O)c2[nH]nc(-c3cccc([N+](=O)[O-])c3)c2C1c1ccc(O)cc1. The molecule has 4 rings (SSSR count). The maximum Gasteiger partial charge on any atom is 0.273 e. The molecule has 0 saturated carbocycles. The highest BCUT2D eigenvalue weighted by molar-refractivity contribution is 6.00. The minimum Gasteiger partial charge on any atom is -0.508 e. The van der Waals surface area contributed by atoms with Gasteiger partial charge in [-0.05, 0) is 24.1 Å². The Labute approximate surface area is 172 Å². The number of nitrogens with zero attached hydrogens (tertiary/aromatic N) is 3. The van der Waals surface area contributed by atoms with Gasteiger partial charge in [0.1, 0.15) is 11.4 Å². The molecule has 154 valence electrons. The Balaban J connectivity index is 1.82. The number of nitro benzene ring substituents is 1. The molecule has 9 heteroatoms. The number of hydrogen-bond acceptors (Lipinski definition) is 6. The Kier molecular flexibility index (Phi) is 5.20. The molecule has 0 bridgehead atoms. The van der Waals surface area contributed by atoms with Gasteiger partial charge in [0, 0.05) is 43.5 Å². The Hall–Kier alpha value is -3.72. The number of aromatic amines is 1. The van der Waals surface area contributed by atoms with Gasteiger partial charge in [-0.15, -0.1) is 0 Å². The van der Waals surface area contributed by atoms with Crippen LogP contribution in [-0.2, 0) is 4.74 Å². The summed E-state index contributed by atoms with van der Waals surface area (Å²) in [6.45, 7) is 0.977. The van der Waals surface area contributed by atoms with Crippen LogP contribution in [0.3, 0.4) is 0 Å². The zero-order valence-electron chi connectivity index (χ0n) is 16.2. The molecule has 1 aliphatic heterocycles. The summed E-state index contributed by atoms with van der Waals surface area (Å²) in [5, 5.41) is 28.0. The zero-order valence-corrected chi connectivity index (χ0v) is 16.2. The summed E-state index contributed by atoms with van der Waals surface area (Å²) in [6.07, 6.45) is 0.653. The van der Waals surface area contributed by atoms with Crippen molar-refractivity contribution in [1.82, 2.24) is 15.1 Å². The van der Waals surface area contributed by atoms with Crippen molar-refractivity contribution >= 4 is 11.6 Å². The smallest absolute Gasteiger partial charge is 0.273 e. The van der Waals surface area contributed by atoms with Gasteiger partial charge in [0.15, 0.2) is 0 Å². The molecule has 2 N–H and O–H groups in total. The second kappa shape index (κ2) is 7.96. The Morgan fingerprint density at radius 2 is 2.03 bits per heavy atom. The van der Waals surface area contributed by atoms with E-state index in [1.54, 1.807) is 48.4 Å². The molecule has 0 aliphatic carbocycles. The number of benzene rings is 2. The Morgan fingerprint density at radius 1 is 1.27 bits per heavy atom. The van der Waals surface area contributed by atoms with Crippen LogP contribution in [0.25, 0.3) is 11.3 Å². The predicted molar refractivity (Wildman–Crippen MR) is 108 cm³/mol. The summed E-state index contributed by atoms with van der Waals surface area (Å²) in [4.78, 5) is 25.6. The van der Waals surface area contributed by atoms with E-state index in [1.807, 2.05) is 0 Å². The number of fused-ring (bicyclic) bond motifs is 1. The van der Waals surface area contributed by atoms with Gasteiger partial charge in [-0.25, -0.2) is 0 Å². The van der Waals surface area contributed by atoms with E-state index in [-0.39, 0.29) is 17.3 Å². The quantitative estimate of drug-likeness (QED) is 0.351. The average molecular weight is 408 g/mol. The minimum atomic E-state index is -0.462. The van der Waals surface area contributed by atoms with Crippen molar-refractivity contribution < 1.29 is 19.6 Å². The normalized spacial score (nSPS) is 15.4. The Morgan fingerprint density at radius 3 is 2.73 bits per heavy atom. The van der Waals surface area contributed by atoms with Crippen LogP contribution < -0.4 is 0 Å². The molecule has 0 radical (unpaired) electrons. The fourth-order valence-corrected chi connectivity index (χ4v) is 3.80. The van der Waals surface area contributed by atoms with Gasteiger partial charge in [-0.2, -0.15) is 5.10 Å². The molecular formula is C21H20N4O5. The van der Waals surface area contributed by atoms with Crippen LogP contribution >= 0.6 is 0 Å². The van der Waals surface area contributed by atoms with Crippen LogP contribution in [0.2, 0.25) is 0 Å². The summed E-state index contributed by atoms with van der Waals surface area (Å²) in [5.74, 6) is -0.0660. The number of carbonyl (C=O) groups excluding carboxylic acids is 1. The lowest BCUT2D eigenvalue weighted by Gasteiger charge is -2.26. The molecule has 1 aliphatic rings. The summed E-state index contributed by atoms with van der Waals surface area (Å²) >= 11 is 0. The number of carbonyl (C=O) groups is 1. The lowest BCUT2D eigenvalue weighted by atomic mass is 9.96. The number of H-pyrrole nitrogens is 1. The average Bonchev–Trinajstić information content (AvgIpc) is 3.29. The highest BCUT2D eigenvalue weighted by atomic mass is 16.6. The summed E-state index contributed by atoms with van der Waals surface area (Å²) in [6, 6.07) is 12.4. The molecule has 30 heavy (non-hydrogen) atoms. The van der Waals surface area contributed by atoms with Gasteiger partial charge >= 0.3 is 0 Å². The number of phenolic OH excluding ortho intramolecular Hbond substituents is 1. The van der Waals surface area contributed by atoms with Crippen LogP contribution in [0, 0.1) is 10.1 Å². The fourth-order valence-electron chi connectivity index (χ4n) is 3.80. The molecule has 2 heterocycles. The van der Waals surface area contributed by atoms with Crippen LogP contribution in [0.5, 0.6) is 5.75 Å². The van der Waals surface area contributed by atoms with Crippen molar-refractivity contribution in [1.29, 1.82) is 0 Å². The Bertz CT molecular complexity index is 1090. The summed E-state index contributed by atoms with van der Waals surface area (Å²) in [5.41, 5.74) is 2.85. The molecule has 9 nitrogen and oxygen atoms in total. The fraction of sp³-hybridized carbons (Fsp3) is 0.238. The lowest BCUT2D eigenvalue weighted by molar-refractivity contribution is -0.384. The number of amides is 1. The van der Waals surface area contributed by atoms with E-state index in [1.165, 1.54) is 12.1 Å². The number of rotatable bonds is 7. The highest BCUT2D eigenvalue weighted by Gasteiger charge is 2.41. The number of nitro groups is 1. The van der Waals surface area contributed by atoms with Gasteiger partial charge in [0.2, 0.25) is 0 Å². The number of aromatic hydroxyl groups is 1. The predicted octanol–water partition coefficient (Wildman–Crippen LogP) is 3.27. The number of ether oxygens (including phenoxy) is 1. The highest BCUT2D eigenvalue weighted by Crippen LogP contribution is 2.43. The van der Waals surface area contributed by atoms with E-state index in [2.05, 4.69) is 10.2 Å². The maximum atomic E-state index is 13.1. The third-order valence-electron chi connectivity index (χ3n) is 5.15. The molecule has 0 saturated heterocycles. The number of phenols is 1. The first-order valence-electron chi connectivity index (χ1n) is 9.43. The first-order chi connectivity index (χ1) is 14.5. The van der Waals surface area contributed by atoms with Gasteiger partial charge in [-0.3, -0.25) is 20.0 Å². The van der Waals surface area contributed by atoms with Crippen LogP contribution in [0.15, 0.2) is 48.5 Å². The minimum absolute atomic E-state index is 0.0493. The van der Waals surface area contributed by atoms with Crippen LogP contribution in [0.1, 0.15) is 34.1 Å². The topological polar surface area (TPSA) is 122 Å². The van der Waals surface area contributed by atoms with Crippen molar-refractivity contribution in [2.24, 2.45) is 0 Å². The number of hydrogen-bond donors (Lipinski definition) is 2. The second-order valence-corrected chi connectivity index (χ2v) is 7.01. The van der Waals surface area contributed by atoms with E-state index in [0.29, 0.717) is 42.1 Å². The molecule has 2 aromatic carbocycles. The van der Waals surface area contributed by atoms with E-state index in [4.69, 9.17) is 4.74 Å². The second-order valence-electron chi connectivity index (χ2n) is 7.01. The maximum absolute atomic E-state index is 13.1. The van der Waals surface area contributed by atoms with Gasteiger partial charge in [0.05, 0.1) is 16.7 Å². The first kappa shape index (κ1) is 19.6. The van der Waals surface area contributed by atoms with Gasteiger partial charge in [0.25, 0.3) is 11.6 Å². The first-order valence-corrected chi connectivity index (χ1v) is 9.43. The monoisotopic (exact) mass is 408 g/mol. The molecular weight excluding hydrogens is 388 g/mol. The number of non-ortho nitro benzene ring substituents is 1. The molecule has 3 aromatic rings. The van der Waals surface area contributed by atoms with Crippen molar-refractivity contribution in [3.05, 3.63) is 75.5 Å². The molecule has 0 spiro atoms.